The van der Waals surface area contributed by atoms with Gasteiger partial charge < -0.3 is 10.4 Å². The lowest BCUT2D eigenvalue weighted by Crippen LogP contribution is -2.40. The minimum atomic E-state index is -0.323. The number of thiocarbonyl (C=S) groups is 1. The van der Waals surface area contributed by atoms with Crippen molar-refractivity contribution in [1.29, 1.82) is 0 Å². The van der Waals surface area contributed by atoms with Gasteiger partial charge in [0.25, 0.3) is 0 Å². The highest BCUT2D eigenvalue weighted by Gasteiger charge is 2.19. The first-order chi connectivity index (χ1) is 14.8. The summed E-state index contributed by atoms with van der Waals surface area (Å²) in [5, 5.41) is 35.3. The summed E-state index contributed by atoms with van der Waals surface area (Å²) in [6, 6.07) is 16.8. The molecule has 3 rings (SSSR count). The van der Waals surface area contributed by atoms with Gasteiger partial charge in [-0.3, -0.25) is 10.4 Å². The maximum Gasteiger partial charge on any atom is 0.238 e. The molecule has 0 aliphatic heterocycles. The topological polar surface area (TPSA) is 82.7 Å². The summed E-state index contributed by atoms with van der Waals surface area (Å²) in [6.07, 6.45) is 3.60. The molecule has 0 radical (unpaired) electrons. The van der Waals surface area contributed by atoms with E-state index in [2.05, 4.69) is 19.2 Å². The fraction of sp³-hybridized carbons (Fsp3) is 0.130. The number of pyridine rings is 1. The van der Waals surface area contributed by atoms with Crippen molar-refractivity contribution in [3.8, 4) is 0 Å². The van der Waals surface area contributed by atoms with E-state index in [0.29, 0.717) is 22.2 Å². The van der Waals surface area contributed by atoms with E-state index in [1.807, 2.05) is 12.1 Å². The van der Waals surface area contributed by atoms with E-state index in [0.717, 1.165) is 5.56 Å². The Bertz CT molecular complexity index is 1100. The van der Waals surface area contributed by atoms with Crippen molar-refractivity contribution in [2.24, 2.45) is 0 Å². The summed E-state index contributed by atoms with van der Waals surface area (Å²) < 4.78 is 1.67. The van der Waals surface area contributed by atoms with Crippen LogP contribution in [0.15, 0.2) is 73.1 Å². The first kappa shape index (κ1) is 22.7. The van der Waals surface area contributed by atoms with Crippen LogP contribution in [-0.2, 0) is 0 Å². The Labute approximate surface area is 191 Å². The molecule has 2 aromatic carbocycles. The van der Waals surface area contributed by atoms with Gasteiger partial charge in [-0.1, -0.05) is 55.9 Å². The fourth-order valence-electron chi connectivity index (χ4n) is 2.95. The first-order valence-electron chi connectivity index (χ1n) is 9.54. The summed E-state index contributed by atoms with van der Waals surface area (Å²) in [7, 11) is 0. The second-order valence-electron chi connectivity index (χ2n) is 7.17. The van der Waals surface area contributed by atoms with Crippen molar-refractivity contribution in [2.45, 2.75) is 19.8 Å². The van der Waals surface area contributed by atoms with Crippen molar-refractivity contribution in [3.05, 3.63) is 89.2 Å². The Balaban J connectivity index is 2.06. The first-order valence-corrected chi connectivity index (χ1v) is 10.3. The maximum absolute atomic E-state index is 13.4. The number of nitrogens with zero attached hydrogens (tertiary/aromatic N) is 2. The number of hydrogen-bond acceptors (Lipinski definition) is 5. The van der Waals surface area contributed by atoms with Crippen LogP contribution in [0.25, 0.3) is 11.5 Å². The van der Waals surface area contributed by atoms with Crippen LogP contribution in [0.2, 0.25) is 5.02 Å². The number of anilines is 2. The Morgan fingerprint density at radius 3 is 2.26 bits per heavy atom. The molecular formula is C23H22ClN3O3S. The van der Waals surface area contributed by atoms with Gasteiger partial charge in [0, 0.05) is 22.8 Å². The van der Waals surface area contributed by atoms with E-state index in [-0.39, 0.29) is 27.4 Å². The van der Waals surface area contributed by atoms with Gasteiger partial charge in [-0.2, -0.15) is 4.57 Å². The lowest BCUT2D eigenvalue weighted by molar-refractivity contribution is -0.577. The monoisotopic (exact) mass is 455 g/mol. The van der Waals surface area contributed by atoms with Crippen molar-refractivity contribution < 1.29 is 20.1 Å². The van der Waals surface area contributed by atoms with E-state index < -0.39 is 0 Å². The molecule has 6 nitrogen and oxygen atoms in total. The van der Waals surface area contributed by atoms with Crippen LogP contribution in [0.4, 0.5) is 11.4 Å². The number of aromatic nitrogens is 1. The molecule has 1 heterocycles. The van der Waals surface area contributed by atoms with Gasteiger partial charge in [0.1, 0.15) is 0 Å². The fourth-order valence-corrected chi connectivity index (χ4v) is 3.46. The van der Waals surface area contributed by atoms with Gasteiger partial charge in [-0.05, 0) is 53.1 Å². The standard InChI is InChI=1S/C23H22ClN3O3S/c1-15(2)16-10-12-26(13-11-16)21(23(31)25-19-5-3-4-18(24)14-19)22(28)17-6-8-20(9-7-17)27(29)30/h3-15,29-30H,1-2H3,(H-,25,28,31). The van der Waals surface area contributed by atoms with Gasteiger partial charge in [0.15, 0.2) is 17.4 Å². The second kappa shape index (κ2) is 9.89. The van der Waals surface area contributed by atoms with Crippen LogP contribution < -0.4 is 20.2 Å². The average molecular weight is 456 g/mol. The van der Waals surface area contributed by atoms with Crippen molar-refractivity contribution >= 4 is 51.6 Å². The predicted molar refractivity (Wildman–Crippen MR) is 124 cm³/mol. The third-order valence-corrected chi connectivity index (χ3v) is 5.18. The molecule has 0 fully saturated rings. The van der Waals surface area contributed by atoms with Crippen LogP contribution in [0, 0.1) is 0 Å². The summed E-state index contributed by atoms with van der Waals surface area (Å²) >= 11 is 11.7. The molecule has 1 aromatic heterocycles. The molecule has 0 aliphatic rings. The van der Waals surface area contributed by atoms with Gasteiger partial charge in [-0.25, -0.2) is 0 Å². The smallest absolute Gasteiger partial charge is 0.238 e. The zero-order valence-electron chi connectivity index (χ0n) is 17.0. The van der Waals surface area contributed by atoms with Crippen LogP contribution in [0.5, 0.6) is 0 Å². The maximum atomic E-state index is 13.4. The summed E-state index contributed by atoms with van der Waals surface area (Å²) in [5.41, 5.74) is 2.52. The molecule has 0 saturated heterocycles. The van der Waals surface area contributed by atoms with E-state index in [1.54, 1.807) is 41.2 Å². The minimum Gasteiger partial charge on any atom is -0.867 e. The highest BCUT2D eigenvalue weighted by molar-refractivity contribution is 7.81. The largest absolute Gasteiger partial charge is 0.867 e. The third kappa shape index (κ3) is 5.59. The number of benzene rings is 2. The number of hydrogen-bond donors (Lipinski definition) is 3. The predicted octanol–water partition coefficient (Wildman–Crippen LogP) is 4.46. The zero-order chi connectivity index (χ0) is 22.5. The summed E-state index contributed by atoms with van der Waals surface area (Å²) in [6.45, 7) is 4.18. The lowest BCUT2D eigenvalue weighted by Gasteiger charge is -2.18. The third-order valence-electron chi connectivity index (χ3n) is 4.65. The second-order valence-corrected chi connectivity index (χ2v) is 8.02. The van der Waals surface area contributed by atoms with Crippen LogP contribution >= 0.6 is 23.8 Å². The molecule has 3 N–H and O–H groups in total. The minimum absolute atomic E-state index is 0.0103. The molecule has 0 saturated carbocycles. The van der Waals surface area contributed by atoms with Gasteiger partial charge in [0.05, 0.1) is 5.69 Å². The Hall–Kier alpha value is -2.97. The molecule has 160 valence electrons. The summed E-state index contributed by atoms with van der Waals surface area (Å²) in [5.74, 6) is 0.0218. The molecule has 0 atom stereocenters. The Morgan fingerprint density at radius 2 is 1.71 bits per heavy atom. The van der Waals surface area contributed by atoms with Crippen LogP contribution in [0.3, 0.4) is 0 Å². The summed E-state index contributed by atoms with van der Waals surface area (Å²) in [4.78, 5) is 0.226. The van der Waals surface area contributed by atoms with E-state index in [1.165, 1.54) is 24.3 Å². The van der Waals surface area contributed by atoms with Crippen molar-refractivity contribution in [2.75, 3.05) is 10.5 Å². The molecule has 0 spiro atoms. The van der Waals surface area contributed by atoms with E-state index in [4.69, 9.17) is 34.2 Å². The lowest BCUT2D eigenvalue weighted by atomic mass is 10.1. The van der Waals surface area contributed by atoms with Crippen molar-refractivity contribution in [1.82, 2.24) is 0 Å². The Kier molecular flexibility index (Phi) is 7.25. The molecule has 0 amide bonds. The average Bonchev–Trinajstić information content (AvgIpc) is 2.74. The van der Waals surface area contributed by atoms with Gasteiger partial charge in [0.2, 0.25) is 5.70 Å². The molecule has 0 bridgehead atoms. The van der Waals surface area contributed by atoms with E-state index in [9.17, 15) is 5.11 Å². The van der Waals surface area contributed by atoms with Crippen molar-refractivity contribution in [3.63, 3.8) is 0 Å². The van der Waals surface area contributed by atoms with Crippen LogP contribution in [0.1, 0.15) is 30.9 Å². The number of halogens is 1. The Morgan fingerprint density at radius 1 is 1.06 bits per heavy atom. The van der Waals surface area contributed by atoms with Gasteiger partial charge in [-0.15, -0.1) is 5.23 Å². The quantitative estimate of drug-likeness (QED) is 0.167. The molecular weight excluding hydrogens is 434 g/mol. The highest BCUT2D eigenvalue weighted by atomic mass is 35.5. The highest BCUT2D eigenvalue weighted by Crippen LogP contribution is 2.21. The zero-order valence-corrected chi connectivity index (χ0v) is 18.6. The molecule has 8 heteroatoms. The number of rotatable bonds is 6. The normalized spacial score (nSPS) is 11.8. The van der Waals surface area contributed by atoms with Crippen LogP contribution in [-0.4, -0.2) is 15.4 Å². The molecule has 31 heavy (non-hydrogen) atoms. The number of nitrogens with one attached hydrogen (secondary N) is 1. The molecule has 3 aromatic rings. The molecule has 0 unspecified atom stereocenters. The van der Waals surface area contributed by atoms with E-state index >= 15 is 0 Å². The van der Waals surface area contributed by atoms with Gasteiger partial charge >= 0.3 is 0 Å². The molecule has 0 aliphatic carbocycles. The SMILES string of the molecule is CC(C)c1cc[n+](/C(C(=S)Nc2cccc(Cl)c2)=C(/[O-])c2ccc(N(O)O)cc2)cc1.